The Morgan fingerprint density at radius 2 is 1.58 bits per heavy atom. The second kappa shape index (κ2) is 17.6. The van der Waals surface area contributed by atoms with Gasteiger partial charge in [-0.25, -0.2) is 0 Å². The van der Waals surface area contributed by atoms with E-state index in [1.807, 2.05) is 33.8 Å². The molecule has 0 fully saturated rings. The summed E-state index contributed by atoms with van der Waals surface area (Å²) >= 11 is 0. The molecule has 4 N–H and O–H groups in total. The van der Waals surface area contributed by atoms with E-state index in [-0.39, 0.29) is 6.15 Å². The molecule has 1 rings (SSSR count). The summed E-state index contributed by atoms with van der Waals surface area (Å²) in [6.45, 7) is 21.2. The highest BCUT2D eigenvalue weighted by molar-refractivity contribution is 5.66. The topological polar surface area (TPSA) is 47.0 Å². The van der Waals surface area contributed by atoms with Gasteiger partial charge in [-0.3, -0.25) is 0 Å². The van der Waals surface area contributed by atoms with Gasteiger partial charge < -0.3 is 11.5 Å². The number of hydrogen-bond donors (Lipinski definition) is 2. The van der Waals surface area contributed by atoms with Crippen molar-refractivity contribution in [3.8, 4) is 0 Å². The fourth-order valence-electron chi connectivity index (χ4n) is 1.67. The van der Waals surface area contributed by atoms with Crippen LogP contribution >= 0.6 is 0 Å². The highest BCUT2D eigenvalue weighted by Gasteiger charge is 1.97. The van der Waals surface area contributed by atoms with Crippen LogP contribution in [0.2, 0.25) is 0 Å². The highest BCUT2D eigenvalue weighted by atomic mass is 14.8. The van der Waals surface area contributed by atoms with Crippen LogP contribution in [-0.2, 0) is 0 Å². The molecule has 0 atom stereocenters. The molecule has 138 valence electrons. The molecular weight excluding hydrogens is 292 g/mol. The largest absolute Gasteiger partial charge is 0.386 e. The van der Waals surface area contributed by atoms with Crippen LogP contribution in [0.15, 0.2) is 54.3 Å². The van der Waals surface area contributed by atoms with Crippen molar-refractivity contribution in [1.29, 1.82) is 0 Å². The zero-order valence-electron chi connectivity index (χ0n) is 17.3. The third-order valence-corrected chi connectivity index (χ3v) is 3.41. The molecule has 0 radical (unpaired) electrons. The first kappa shape index (κ1) is 27.1. The average molecular weight is 333 g/mol. The maximum Gasteiger partial charge on any atom is 0.0327 e. The summed E-state index contributed by atoms with van der Waals surface area (Å²) < 4.78 is 0. The summed E-state index contributed by atoms with van der Waals surface area (Å²) in [5.74, 6) is 0. The normalized spacial score (nSPS) is 10.3. The first-order valence-corrected chi connectivity index (χ1v) is 8.66. The van der Waals surface area contributed by atoms with Crippen LogP contribution in [0.4, 0.5) is 0 Å². The quantitative estimate of drug-likeness (QED) is 0.566. The van der Waals surface area contributed by atoms with Gasteiger partial charge in [0, 0.05) is 12.2 Å². The Balaban J connectivity index is -0.000000350. The first-order valence-electron chi connectivity index (χ1n) is 8.66. The van der Waals surface area contributed by atoms with Gasteiger partial charge in [0.15, 0.2) is 0 Å². The summed E-state index contributed by atoms with van der Waals surface area (Å²) in [7, 11) is 0. The highest BCUT2D eigenvalue weighted by Crippen LogP contribution is 2.19. The summed E-state index contributed by atoms with van der Waals surface area (Å²) in [6.07, 6.45) is 5.20. The lowest BCUT2D eigenvalue weighted by molar-refractivity contribution is 0.909. The predicted molar refractivity (Wildman–Crippen MR) is 114 cm³/mol. The Morgan fingerprint density at radius 3 is 1.96 bits per heavy atom. The maximum atomic E-state index is 3.68. The van der Waals surface area contributed by atoms with Crippen LogP contribution in [0.1, 0.15) is 66.0 Å². The van der Waals surface area contributed by atoms with Crippen LogP contribution in [0.25, 0.3) is 5.57 Å². The van der Waals surface area contributed by atoms with Crippen molar-refractivity contribution in [2.45, 2.75) is 61.8 Å². The Kier molecular flexibility index (Phi) is 19.8. The van der Waals surface area contributed by atoms with Crippen molar-refractivity contribution in [1.82, 2.24) is 11.5 Å². The molecular formula is C22H40N2. The van der Waals surface area contributed by atoms with E-state index in [9.17, 15) is 0 Å². The second-order valence-corrected chi connectivity index (χ2v) is 5.36. The fourth-order valence-corrected chi connectivity index (χ4v) is 1.67. The number of nitrogens with one attached hydrogen (secondary N) is 1. The van der Waals surface area contributed by atoms with Crippen molar-refractivity contribution in [2.24, 2.45) is 0 Å². The van der Waals surface area contributed by atoms with Gasteiger partial charge in [0.25, 0.3) is 0 Å². The lowest BCUT2D eigenvalue weighted by atomic mass is 10.0. The van der Waals surface area contributed by atoms with Crippen molar-refractivity contribution in [2.75, 3.05) is 6.54 Å². The molecule has 0 amide bonds. The van der Waals surface area contributed by atoms with Crippen molar-refractivity contribution in [3.05, 3.63) is 65.4 Å². The van der Waals surface area contributed by atoms with E-state index in [2.05, 4.69) is 69.9 Å². The Hall–Kier alpha value is -1.80. The maximum absolute atomic E-state index is 3.68. The molecule has 0 saturated carbocycles. The predicted octanol–water partition coefficient (Wildman–Crippen LogP) is 7.07. The number of benzene rings is 1. The Labute approximate surface area is 151 Å². The third kappa shape index (κ3) is 13.8. The molecule has 0 spiro atoms. The molecule has 24 heavy (non-hydrogen) atoms. The van der Waals surface area contributed by atoms with Crippen LogP contribution in [0.5, 0.6) is 0 Å². The van der Waals surface area contributed by atoms with Crippen molar-refractivity contribution >= 4 is 5.57 Å². The van der Waals surface area contributed by atoms with Gasteiger partial charge in [-0.15, -0.1) is 0 Å². The van der Waals surface area contributed by atoms with Crippen LogP contribution in [-0.4, -0.2) is 6.54 Å². The number of aryl methyl sites for hydroxylation is 1. The zero-order chi connectivity index (χ0) is 18.3. The minimum Gasteiger partial charge on any atom is -0.386 e. The third-order valence-electron chi connectivity index (χ3n) is 3.41. The van der Waals surface area contributed by atoms with E-state index < -0.39 is 0 Å². The van der Waals surface area contributed by atoms with Gasteiger partial charge in [-0.2, -0.15) is 0 Å². The number of hydrogen-bond acceptors (Lipinski definition) is 2. The van der Waals surface area contributed by atoms with Crippen LogP contribution < -0.4 is 11.5 Å². The van der Waals surface area contributed by atoms with Gasteiger partial charge in [0.05, 0.1) is 0 Å². The summed E-state index contributed by atoms with van der Waals surface area (Å²) in [6, 6.07) is 8.73. The molecule has 0 aromatic heterocycles. The molecule has 0 aliphatic rings. The molecule has 0 bridgehead atoms. The Bertz CT molecular complexity index is 479. The average Bonchev–Trinajstić information content (AvgIpc) is 2.56. The molecule has 0 heterocycles. The summed E-state index contributed by atoms with van der Waals surface area (Å²) in [5, 5.41) is 3.07. The molecule has 0 aliphatic heterocycles. The van der Waals surface area contributed by atoms with E-state index >= 15 is 0 Å². The first-order chi connectivity index (χ1) is 10.9. The summed E-state index contributed by atoms with van der Waals surface area (Å²) in [4.78, 5) is 0. The van der Waals surface area contributed by atoms with Gasteiger partial charge in [0.1, 0.15) is 0 Å². The fraction of sp³-hybridized carbons (Fsp3) is 0.455. The lowest BCUT2D eigenvalue weighted by Gasteiger charge is -2.06. The molecule has 0 saturated heterocycles. The SMILES string of the molecule is C=C(C)NC/C=C\C.CC.CC/C(C)=C(/C)c1ccc(C)cc1.N. The van der Waals surface area contributed by atoms with Crippen molar-refractivity contribution in [3.63, 3.8) is 0 Å². The smallest absolute Gasteiger partial charge is 0.0327 e. The van der Waals surface area contributed by atoms with Gasteiger partial charge in [0.2, 0.25) is 0 Å². The molecule has 1 aromatic carbocycles. The Morgan fingerprint density at radius 1 is 1.08 bits per heavy atom. The molecule has 2 nitrogen and oxygen atoms in total. The number of allylic oxidation sites excluding steroid dienone is 4. The van der Waals surface area contributed by atoms with Gasteiger partial charge in [-0.05, 0) is 52.2 Å². The van der Waals surface area contributed by atoms with E-state index in [1.165, 1.54) is 22.3 Å². The van der Waals surface area contributed by atoms with Crippen LogP contribution in [0, 0.1) is 6.92 Å². The minimum absolute atomic E-state index is 0. The van der Waals surface area contributed by atoms with E-state index in [0.29, 0.717) is 0 Å². The van der Waals surface area contributed by atoms with Crippen LogP contribution in [0.3, 0.4) is 0 Å². The monoisotopic (exact) mass is 332 g/mol. The number of rotatable bonds is 5. The molecule has 0 unspecified atom stereocenters. The van der Waals surface area contributed by atoms with Gasteiger partial charge >= 0.3 is 0 Å². The lowest BCUT2D eigenvalue weighted by Crippen LogP contribution is -2.08. The standard InChI is InChI=1S/C13H18.C7H13N.C2H6.H3N/c1-5-11(3)12(4)13-8-6-10(2)7-9-13;1-4-5-6-8-7(2)3;1-2;/h6-9H,5H2,1-4H3;4-5,8H,2,6H2,1,3H3;1-2H3;1H3/b12-11-;5-4-;;. The molecule has 0 aliphatic carbocycles. The zero-order valence-corrected chi connectivity index (χ0v) is 17.3. The molecule has 2 heteroatoms. The minimum atomic E-state index is 0. The second-order valence-electron chi connectivity index (χ2n) is 5.36. The van der Waals surface area contributed by atoms with E-state index in [4.69, 9.17) is 0 Å². The van der Waals surface area contributed by atoms with E-state index in [1.54, 1.807) is 0 Å². The molecule has 1 aromatic rings. The van der Waals surface area contributed by atoms with Crippen molar-refractivity contribution < 1.29 is 0 Å². The van der Waals surface area contributed by atoms with E-state index in [0.717, 1.165) is 18.7 Å². The van der Waals surface area contributed by atoms with Gasteiger partial charge in [-0.1, -0.05) is 74.9 Å². The summed E-state index contributed by atoms with van der Waals surface area (Å²) in [5.41, 5.74) is 6.59.